The Morgan fingerprint density at radius 1 is 1.67 bits per heavy atom. The zero-order valence-corrected chi connectivity index (χ0v) is 10.9. The average Bonchev–Trinajstić information content (AvgIpc) is 2.97. The monoisotopic (exact) mass is 249 g/mol. The first-order valence-corrected chi connectivity index (χ1v) is 6.08. The van der Waals surface area contributed by atoms with Crippen LogP contribution in [0.2, 0.25) is 0 Å². The molecule has 0 aromatic carbocycles. The lowest BCUT2D eigenvalue weighted by molar-refractivity contribution is -0.0159. The Morgan fingerprint density at radius 3 is 3.06 bits per heavy atom. The summed E-state index contributed by atoms with van der Waals surface area (Å²) in [4.78, 5) is 0. The summed E-state index contributed by atoms with van der Waals surface area (Å²) in [6.07, 6.45) is 2.89. The van der Waals surface area contributed by atoms with Gasteiger partial charge in [-0.15, -0.1) is 0 Å². The second-order valence-electron chi connectivity index (χ2n) is 4.75. The van der Waals surface area contributed by atoms with Crippen LogP contribution < -0.4 is 5.32 Å². The van der Waals surface area contributed by atoms with Crippen molar-refractivity contribution in [2.24, 2.45) is 7.05 Å². The van der Waals surface area contributed by atoms with E-state index < -0.39 is 0 Å². The zero-order chi connectivity index (χ0) is 13.0. The Balaban J connectivity index is 1.86. The lowest BCUT2D eigenvalue weighted by Gasteiger charge is -2.25. The fourth-order valence-electron chi connectivity index (χ4n) is 2.24. The Labute approximate surface area is 107 Å². The number of nitrogens with zero attached hydrogens (tertiary/aromatic N) is 2. The molecule has 5 heteroatoms. The maximum Gasteiger partial charge on any atom is 0.120 e. The van der Waals surface area contributed by atoms with Crippen molar-refractivity contribution in [3.8, 4) is 6.07 Å². The van der Waals surface area contributed by atoms with E-state index in [0.717, 1.165) is 31.7 Å². The predicted octanol–water partition coefficient (Wildman–Crippen LogP) is 0.792. The highest BCUT2D eigenvalue weighted by Gasteiger charge is 2.34. The number of hydrogen-bond donors (Lipinski definition) is 1. The molecule has 1 saturated heterocycles. The summed E-state index contributed by atoms with van der Waals surface area (Å²) < 4.78 is 12.8. The highest BCUT2D eigenvalue weighted by Crippen LogP contribution is 2.21. The van der Waals surface area contributed by atoms with Crippen molar-refractivity contribution >= 4 is 0 Å². The molecule has 1 aliphatic rings. The third kappa shape index (κ3) is 2.72. The molecule has 1 aromatic rings. The van der Waals surface area contributed by atoms with Crippen LogP contribution in [-0.4, -0.2) is 37.0 Å². The maximum atomic E-state index is 8.88. The summed E-state index contributed by atoms with van der Waals surface area (Å²) >= 11 is 0. The standard InChI is InChI=1S/C13H19N3O2/c1-16-8-11(5-12(16)6-14)7-15-9-13(17-2)3-4-18-10-13/h5,8,15H,3-4,7,9-10H2,1-2H3. The largest absolute Gasteiger partial charge is 0.378 e. The van der Waals surface area contributed by atoms with Gasteiger partial charge in [0.25, 0.3) is 0 Å². The van der Waals surface area contributed by atoms with Gasteiger partial charge in [0.05, 0.1) is 6.61 Å². The summed E-state index contributed by atoms with van der Waals surface area (Å²) in [5.74, 6) is 0. The molecule has 0 spiro atoms. The van der Waals surface area contributed by atoms with Crippen LogP contribution in [0.1, 0.15) is 17.7 Å². The second-order valence-corrected chi connectivity index (χ2v) is 4.75. The first-order valence-electron chi connectivity index (χ1n) is 6.08. The molecule has 2 rings (SSSR count). The van der Waals surface area contributed by atoms with Gasteiger partial charge in [0.1, 0.15) is 17.4 Å². The molecule has 2 heterocycles. The molecule has 0 saturated carbocycles. The van der Waals surface area contributed by atoms with Gasteiger partial charge in [-0.05, 0) is 11.6 Å². The normalized spacial score (nSPS) is 23.2. The van der Waals surface area contributed by atoms with Gasteiger partial charge in [0.2, 0.25) is 0 Å². The summed E-state index contributed by atoms with van der Waals surface area (Å²) in [7, 11) is 3.61. The van der Waals surface area contributed by atoms with E-state index in [4.69, 9.17) is 14.7 Å². The maximum absolute atomic E-state index is 8.88. The van der Waals surface area contributed by atoms with Crippen LogP contribution in [-0.2, 0) is 23.1 Å². The molecule has 18 heavy (non-hydrogen) atoms. The number of hydrogen-bond acceptors (Lipinski definition) is 4. The molecule has 5 nitrogen and oxygen atoms in total. The molecule has 1 N–H and O–H groups in total. The first-order chi connectivity index (χ1) is 8.69. The van der Waals surface area contributed by atoms with E-state index in [1.54, 1.807) is 7.11 Å². The van der Waals surface area contributed by atoms with Crippen molar-refractivity contribution in [2.45, 2.75) is 18.6 Å². The average molecular weight is 249 g/mol. The number of aryl methyl sites for hydroxylation is 1. The van der Waals surface area contributed by atoms with Gasteiger partial charge < -0.3 is 19.4 Å². The molecule has 1 aliphatic heterocycles. The third-order valence-corrected chi connectivity index (χ3v) is 3.45. The van der Waals surface area contributed by atoms with Gasteiger partial charge in [-0.3, -0.25) is 0 Å². The van der Waals surface area contributed by atoms with E-state index in [2.05, 4.69) is 11.4 Å². The fraction of sp³-hybridized carbons (Fsp3) is 0.615. The minimum atomic E-state index is -0.188. The SMILES string of the molecule is COC1(CNCc2cc(C#N)n(C)c2)CCOC1. The van der Waals surface area contributed by atoms with E-state index in [-0.39, 0.29) is 5.60 Å². The van der Waals surface area contributed by atoms with E-state index in [0.29, 0.717) is 12.3 Å². The van der Waals surface area contributed by atoms with Gasteiger partial charge in [-0.2, -0.15) is 5.26 Å². The third-order valence-electron chi connectivity index (χ3n) is 3.45. The zero-order valence-electron chi connectivity index (χ0n) is 10.9. The van der Waals surface area contributed by atoms with Gasteiger partial charge in [0, 0.05) is 46.5 Å². The number of nitrogens with one attached hydrogen (secondary N) is 1. The lowest BCUT2D eigenvalue weighted by Crippen LogP contribution is -2.42. The summed E-state index contributed by atoms with van der Waals surface area (Å²) in [6, 6.07) is 4.06. The summed E-state index contributed by atoms with van der Waals surface area (Å²) in [5.41, 5.74) is 1.60. The van der Waals surface area contributed by atoms with Crippen LogP contribution in [0.3, 0.4) is 0 Å². The van der Waals surface area contributed by atoms with Crippen molar-refractivity contribution in [2.75, 3.05) is 26.9 Å². The predicted molar refractivity (Wildman–Crippen MR) is 67.0 cm³/mol. The van der Waals surface area contributed by atoms with Crippen LogP contribution in [0.4, 0.5) is 0 Å². The highest BCUT2D eigenvalue weighted by molar-refractivity contribution is 5.28. The lowest BCUT2D eigenvalue weighted by atomic mass is 10.0. The molecule has 0 bridgehead atoms. The number of ether oxygens (including phenoxy) is 2. The highest BCUT2D eigenvalue weighted by atomic mass is 16.5. The van der Waals surface area contributed by atoms with E-state index in [1.165, 1.54) is 0 Å². The molecule has 1 atom stereocenters. The van der Waals surface area contributed by atoms with Crippen molar-refractivity contribution in [1.29, 1.82) is 5.26 Å². The summed E-state index contributed by atoms with van der Waals surface area (Å²) in [6.45, 7) is 2.91. The smallest absolute Gasteiger partial charge is 0.120 e. The summed E-state index contributed by atoms with van der Waals surface area (Å²) in [5, 5.41) is 12.3. The van der Waals surface area contributed by atoms with E-state index in [9.17, 15) is 0 Å². The van der Waals surface area contributed by atoms with Crippen molar-refractivity contribution in [3.63, 3.8) is 0 Å². The Bertz CT molecular complexity index is 442. The van der Waals surface area contributed by atoms with Crippen LogP contribution in [0, 0.1) is 11.3 Å². The van der Waals surface area contributed by atoms with E-state index in [1.807, 2.05) is 23.9 Å². The number of aromatic nitrogens is 1. The topological polar surface area (TPSA) is 59.2 Å². The molecule has 0 aliphatic carbocycles. The number of methoxy groups -OCH3 is 1. The Hall–Kier alpha value is -1.35. The minimum absolute atomic E-state index is 0.188. The van der Waals surface area contributed by atoms with Gasteiger partial charge in [-0.25, -0.2) is 0 Å². The van der Waals surface area contributed by atoms with Crippen LogP contribution in [0.5, 0.6) is 0 Å². The fourth-order valence-corrected chi connectivity index (χ4v) is 2.24. The molecule has 1 aromatic heterocycles. The minimum Gasteiger partial charge on any atom is -0.378 e. The van der Waals surface area contributed by atoms with Crippen molar-refractivity contribution in [3.05, 3.63) is 23.5 Å². The second kappa shape index (κ2) is 5.53. The Kier molecular flexibility index (Phi) is 4.02. The van der Waals surface area contributed by atoms with Crippen molar-refractivity contribution in [1.82, 2.24) is 9.88 Å². The Morgan fingerprint density at radius 2 is 2.50 bits per heavy atom. The molecular formula is C13H19N3O2. The number of rotatable bonds is 5. The van der Waals surface area contributed by atoms with Gasteiger partial charge in [0.15, 0.2) is 0 Å². The quantitative estimate of drug-likeness (QED) is 0.838. The molecule has 98 valence electrons. The van der Waals surface area contributed by atoms with Gasteiger partial charge in [-0.1, -0.05) is 0 Å². The van der Waals surface area contributed by atoms with Crippen LogP contribution in [0.15, 0.2) is 12.3 Å². The molecule has 1 unspecified atom stereocenters. The van der Waals surface area contributed by atoms with Crippen LogP contribution in [0.25, 0.3) is 0 Å². The molecule has 0 amide bonds. The first kappa shape index (κ1) is 13.1. The van der Waals surface area contributed by atoms with Gasteiger partial charge >= 0.3 is 0 Å². The molecule has 0 radical (unpaired) electrons. The molecule has 1 fully saturated rings. The van der Waals surface area contributed by atoms with E-state index >= 15 is 0 Å². The molecular weight excluding hydrogens is 230 g/mol. The number of nitriles is 1. The van der Waals surface area contributed by atoms with Crippen molar-refractivity contribution < 1.29 is 9.47 Å². The van der Waals surface area contributed by atoms with Crippen LogP contribution >= 0.6 is 0 Å².